The standard InChI is InChI=1S/C12H14ClN3O4/c13-8-3-1-2-7(4-8)6-15-12(20)16-9(11(18)19)5-10(14)17/h1-4,9H,5-6H2,(H2,14,17)(H,18,19)(H2,15,16,20)/t9-/m0/s1. The first-order valence-corrected chi connectivity index (χ1v) is 6.06. The van der Waals surface area contributed by atoms with Gasteiger partial charge in [-0.1, -0.05) is 23.7 Å². The van der Waals surface area contributed by atoms with Crippen LogP contribution in [0.4, 0.5) is 4.79 Å². The number of nitrogens with two attached hydrogens (primary N) is 1. The van der Waals surface area contributed by atoms with Crippen LogP contribution in [0.1, 0.15) is 12.0 Å². The number of carbonyl (C=O) groups is 3. The van der Waals surface area contributed by atoms with Gasteiger partial charge in [0.1, 0.15) is 6.04 Å². The van der Waals surface area contributed by atoms with Crippen LogP contribution in [0.3, 0.4) is 0 Å². The van der Waals surface area contributed by atoms with Gasteiger partial charge >= 0.3 is 12.0 Å². The molecule has 1 aromatic rings. The largest absolute Gasteiger partial charge is 0.480 e. The normalized spacial score (nSPS) is 11.4. The molecule has 0 aliphatic carbocycles. The number of carbonyl (C=O) groups excluding carboxylic acids is 2. The van der Waals surface area contributed by atoms with Gasteiger partial charge in [-0.25, -0.2) is 9.59 Å². The molecule has 0 bridgehead atoms. The van der Waals surface area contributed by atoms with Crippen LogP contribution in [-0.2, 0) is 16.1 Å². The molecule has 0 spiro atoms. The molecule has 0 aliphatic heterocycles. The fourth-order valence-electron chi connectivity index (χ4n) is 1.44. The molecule has 0 aromatic heterocycles. The highest BCUT2D eigenvalue weighted by molar-refractivity contribution is 6.30. The lowest BCUT2D eigenvalue weighted by Gasteiger charge is -2.13. The smallest absolute Gasteiger partial charge is 0.326 e. The number of halogens is 1. The Bertz CT molecular complexity index is 521. The number of aliphatic carboxylic acids is 1. The van der Waals surface area contributed by atoms with Gasteiger partial charge in [-0.2, -0.15) is 0 Å². The van der Waals surface area contributed by atoms with Gasteiger partial charge in [-0.3, -0.25) is 4.79 Å². The van der Waals surface area contributed by atoms with Crippen LogP contribution in [0, 0.1) is 0 Å². The summed E-state index contributed by atoms with van der Waals surface area (Å²) in [6.07, 6.45) is -0.472. The minimum absolute atomic E-state index is 0.176. The van der Waals surface area contributed by atoms with E-state index in [1.165, 1.54) is 0 Å². The third-order valence-corrected chi connectivity index (χ3v) is 2.59. The van der Waals surface area contributed by atoms with Crippen molar-refractivity contribution in [2.24, 2.45) is 5.73 Å². The van der Waals surface area contributed by atoms with E-state index in [9.17, 15) is 14.4 Å². The molecule has 1 aromatic carbocycles. The minimum atomic E-state index is -1.35. The van der Waals surface area contributed by atoms with Crippen LogP contribution in [0.5, 0.6) is 0 Å². The summed E-state index contributed by atoms with van der Waals surface area (Å²) in [4.78, 5) is 33.0. The number of hydrogen-bond acceptors (Lipinski definition) is 3. The number of nitrogens with one attached hydrogen (secondary N) is 2. The molecule has 1 atom stereocenters. The second kappa shape index (κ2) is 7.34. The molecule has 0 saturated carbocycles. The second-order valence-electron chi connectivity index (χ2n) is 4.02. The van der Waals surface area contributed by atoms with Crippen molar-refractivity contribution in [2.75, 3.05) is 0 Å². The van der Waals surface area contributed by atoms with Crippen molar-refractivity contribution in [1.82, 2.24) is 10.6 Å². The fraction of sp³-hybridized carbons (Fsp3) is 0.250. The Labute approximate surface area is 120 Å². The van der Waals surface area contributed by atoms with Crippen molar-refractivity contribution in [1.29, 1.82) is 0 Å². The molecule has 0 heterocycles. The van der Waals surface area contributed by atoms with Gasteiger partial charge in [-0.05, 0) is 17.7 Å². The molecule has 1 rings (SSSR count). The summed E-state index contributed by atoms with van der Waals surface area (Å²) in [5, 5.41) is 14.0. The first-order valence-electron chi connectivity index (χ1n) is 5.68. The lowest BCUT2D eigenvalue weighted by Crippen LogP contribution is -2.47. The second-order valence-corrected chi connectivity index (χ2v) is 4.45. The molecule has 0 fully saturated rings. The van der Waals surface area contributed by atoms with Crippen molar-refractivity contribution in [3.05, 3.63) is 34.9 Å². The zero-order chi connectivity index (χ0) is 15.1. The Balaban J connectivity index is 2.49. The summed E-state index contributed by atoms with van der Waals surface area (Å²) in [7, 11) is 0. The number of hydrogen-bond donors (Lipinski definition) is 4. The summed E-state index contributed by atoms with van der Waals surface area (Å²) in [5.41, 5.74) is 5.66. The number of amides is 3. The molecule has 5 N–H and O–H groups in total. The third kappa shape index (κ3) is 5.57. The van der Waals surface area contributed by atoms with Gasteiger partial charge in [0.15, 0.2) is 0 Å². The lowest BCUT2D eigenvalue weighted by molar-refractivity contribution is -0.140. The van der Waals surface area contributed by atoms with Crippen molar-refractivity contribution >= 4 is 29.5 Å². The SMILES string of the molecule is NC(=O)C[C@H](NC(=O)NCc1cccc(Cl)c1)C(=O)O. The number of primary amides is 1. The molecule has 3 amide bonds. The van der Waals surface area contributed by atoms with E-state index in [1.807, 2.05) is 0 Å². The monoisotopic (exact) mass is 299 g/mol. The highest BCUT2D eigenvalue weighted by Crippen LogP contribution is 2.10. The molecule has 8 heteroatoms. The predicted octanol–water partition coefficient (Wildman–Crippen LogP) is 0.468. The van der Waals surface area contributed by atoms with Crippen LogP contribution < -0.4 is 16.4 Å². The van der Waals surface area contributed by atoms with E-state index in [2.05, 4.69) is 10.6 Å². The van der Waals surface area contributed by atoms with Gasteiger partial charge in [0.05, 0.1) is 6.42 Å². The Hall–Kier alpha value is -2.28. The first kappa shape index (κ1) is 15.8. The van der Waals surface area contributed by atoms with E-state index in [0.717, 1.165) is 5.56 Å². The van der Waals surface area contributed by atoms with Crippen molar-refractivity contribution < 1.29 is 19.5 Å². The number of rotatable bonds is 6. The van der Waals surface area contributed by atoms with Crippen LogP contribution in [0.25, 0.3) is 0 Å². The highest BCUT2D eigenvalue weighted by Gasteiger charge is 2.21. The molecular weight excluding hydrogens is 286 g/mol. The molecule has 0 radical (unpaired) electrons. The maximum atomic E-state index is 11.5. The van der Waals surface area contributed by atoms with Gasteiger partial charge in [-0.15, -0.1) is 0 Å². The average molecular weight is 300 g/mol. The van der Waals surface area contributed by atoms with E-state index in [0.29, 0.717) is 5.02 Å². The maximum Gasteiger partial charge on any atom is 0.326 e. The van der Waals surface area contributed by atoms with Crippen molar-refractivity contribution in [3.63, 3.8) is 0 Å². The molecule has 20 heavy (non-hydrogen) atoms. The predicted molar refractivity (Wildman–Crippen MR) is 72.1 cm³/mol. The summed E-state index contributed by atoms with van der Waals surface area (Å²) in [6.45, 7) is 0.176. The van der Waals surface area contributed by atoms with Crippen LogP contribution in [0.15, 0.2) is 24.3 Å². The molecule has 108 valence electrons. The Morgan fingerprint density at radius 3 is 2.60 bits per heavy atom. The van der Waals surface area contributed by atoms with Gasteiger partial charge < -0.3 is 21.5 Å². The van der Waals surface area contributed by atoms with Gasteiger partial charge in [0, 0.05) is 11.6 Å². The van der Waals surface area contributed by atoms with Crippen molar-refractivity contribution in [3.8, 4) is 0 Å². The maximum absolute atomic E-state index is 11.5. The van der Waals surface area contributed by atoms with E-state index >= 15 is 0 Å². The molecule has 7 nitrogen and oxygen atoms in total. The Morgan fingerprint density at radius 2 is 2.05 bits per heavy atom. The van der Waals surface area contributed by atoms with E-state index in [1.54, 1.807) is 24.3 Å². The molecular formula is C12H14ClN3O4. The summed E-state index contributed by atoms with van der Waals surface area (Å²) < 4.78 is 0. The summed E-state index contributed by atoms with van der Waals surface area (Å²) in [6, 6.07) is 4.78. The van der Waals surface area contributed by atoms with Gasteiger partial charge in [0.2, 0.25) is 5.91 Å². The zero-order valence-corrected chi connectivity index (χ0v) is 11.2. The average Bonchev–Trinajstić information content (AvgIpc) is 2.35. The topological polar surface area (TPSA) is 122 Å². The number of carboxylic acids is 1. The summed E-state index contributed by atoms with van der Waals surface area (Å²) in [5.74, 6) is -2.14. The number of benzene rings is 1. The number of urea groups is 1. The lowest BCUT2D eigenvalue weighted by atomic mass is 10.2. The first-order chi connectivity index (χ1) is 9.38. The van der Waals surface area contributed by atoms with Gasteiger partial charge in [0.25, 0.3) is 0 Å². The zero-order valence-electron chi connectivity index (χ0n) is 10.4. The van der Waals surface area contributed by atoms with E-state index in [4.69, 9.17) is 22.4 Å². The molecule has 0 aliphatic rings. The molecule has 0 saturated heterocycles. The number of carboxylic acid groups (broad SMARTS) is 1. The minimum Gasteiger partial charge on any atom is -0.480 e. The molecule has 0 unspecified atom stereocenters. The van der Waals surface area contributed by atoms with Crippen LogP contribution >= 0.6 is 11.6 Å². The Morgan fingerprint density at radius 1 is 1.35 bits per heavy atom. The Kier molecular flexibility index (Phi) is 5.79. The van der Waals surface area contributed by atoms with Crippen LogP contribution in [0.2, 0.25) is 5.02 Å². The van der Waals surface area contributed by atoms with E-state index in [-0.39, 0.29) is 6.54 Å². The highest BCUT2D eigenvalue weighted by atomic mass is 35.5. The summed E-state index contributed by atoms with van der Waals surface area (Å²) >= 11 is 5.79. The quantitative estimate of drug-likeness (QED) is 0.610. The van der Waals surface area contributed by atoms with Crippen LogP contribution in [-0.4, -0.2) is 29.1 Å². The third-order valence-electron chi connectivity index (χ3n) is 2.35. The fourth-order valence-corrected chi connectivity index (χ4v) is 1.65. The van der Waals surface area contributed by atoms with E-state index < -0.39 is 30.4 Å². The van der Waals surface area contributed by atoms with Crippen molar-refractivity contribution in [2.45, 2.75) is 19.0 Å².